The summed E-state index contributed by atoms with van der Waals surface area (Å²) in [7, 11) is 0. The lowest BCUT2D eigenvalue weighted by atomic mass is 10.1. The lowest BCUT2D eigenvalue weighted by molar-refractivity contribution is 0.102. The van der Waals surface area contributed by atoms with Crippen LogP contribution in [0.4, 0.5) is 16.0 Å². The van der Waals surface area contributed by atoms with E-state index in [-0.39, 0.29) is 11.7 Å². The number of hydrogen-bond donors (Lipinski definition) is 2. The minimum Gasteiger partial charge on any atom is -0.366 e. The average Bonchev–Trinajstić information content (AvgIpc) is 2.86. The van der Waals surface area contributed by atoms with Gasteiger partial charge in [0.05, 0.1) is 0 Å². The third kappa shape index (κ3) is 4.50. The van der Waals surface area contributed by atoms with E-state index in [1.54, 1.807) is 6.07 Å². The SMILES string of the molecule is O=C(Nc1ccc(NC2CCCCCC2)nn1)c1ccc(F)cc1. The van der Waals surface area contributed by atoms with Gasteiger partial charge in [-0.05, 0) is 49.2 Å². The van der Waals surface area contributed by atoms with Crippen LogP contribution in [-0.2, 0) is 0 Å². The van der Waals surface area contributed by atoms with Crippen LogP contribution in [0.2, 0.25) is 0 Å². The van der Waals surface area contributed by atoms with E-state index >= 15 is 0 Å². The molecule has 1 aliphatic carbocycles. The number of rotatable bonds is 4. The van der Waals surface area contributed by atoms with E-state index in [0.29, 0.717) is 17.4 Å². The van der Waals surface area contributed by atoms with E-state index < -0.39 is 0 Å². The van der Waals surface area contributed by atoms with Crippen LogP contribution < -0.4 is 10.6 Å². The van der Waals surface area contributed by atoms with E-state index in [2.05, 4.69) is 20.8 Å². The van der Waals surface area contributed by atoms with Gasteiger partial charge in [-0.15, -0.1) is 10.2 Å². The molecule has 3 rings (SSSR count). The molecule has 24 heavy (non-hydrogen) atoms. The zero-order valence-corrected chi connectivity index (χ0v) is 13.5. The fraction of sp³-hybridized carbons (Fsp3) is 0.389. The van der Waals surface area contributed by atoms with Crippen LogP contribution in [0.15, 0.2) is 36.4 Å². The molecule has 1 heterocycles. The Balaban J connectivity index is 1.57. The number of anilines is 2. The molecule has 1 fully saturated rings. The highest BCUT2D eigenvalue weighted by atomic mass is 19.1. The zero-order chi connectivity index (χ0) is 16.8. The highest BCUT2D eigenvalue weighted by Crippen LogP contribution is 2.20. The van der Waals surface area contributed by atoms with Crippen LogP contribution in [0, 0.1) is 5.82 Å². The van der Waals surface area contributed by atoms with Gasteiger partial charge in [0, 0.05) is 11.6 Å². The van der Waals surface area contributed by atoms with Crippen molar-refractivity contribution in [2.24, 2.45) is 0 Å². The van der Waals surface area contributed by atoms with Gasteiger partial charge in [-0.1, -0.05) is 25.7 Å². The fourth-order valence-corrected chi connectivity index (χ4v) is 2.90. The summed E-state index contributed by atoms with van der Waals surface area (Å²) in [6.45, 7) is 0. The third-order valence-electron chi connectivity index (χ3n) is 4.22. The van der Waals surface area contributed by atoms with Gasteiger partial charge >= 0.3 is 0 Å². The average molecular weight is 328 g/mol. The minimum absolute atomic E-state index is 0.339. The van der Waals surface area contributed by atoms with Crippen LogP contribution in [0.3, 0.4) is 0 Å². The normalized spacial score (nSPS) is 15.5. The van der Waals surface area contributed by atoms with Gasteiger partial charge in [-0.2, -0.15) is 0 Å². The Morgan fingerprint density at radius 1 is 0.917 bits per heavy atom. The lowest BCUT2D eigenvalue weighted by Crippen LogP contribution is -2.19. The Bertz CT molecular complexity index is 664. The first-order valence-electron chi connectivity index (χ1n) is 8.38. The summed E-state index contributed by atoms with van der Waals surface area (Å²) >= 11 is 0. The highest BCUT2D eigenvalue weighted by Gasteiger charge is 2.13. The van der Waals surface area contributed by atoms with E-state index in [4.69, 9.17) is 0 Å². The van der Waals surface area contributed by atoms with Crippen LogP contribution in [0.1, 0.15) is 48.9 Å². The number of halogens is 1. The van der Waals surface area contributed by atoms with E-state index in [1.165, 1.54) is 49.9 Å². The number of hydrogen-bond acceptors (Lipinski definition) is 4. The fourth-order valence-electron chi connectivity index (χ4n) is 2.90. The van der Waals surface area contributed by atoms with Crippen molar-refractivity contribution in [1.82, 2.24) is 10.2 Å². The Kier molecular flexibility index (Phi) is 5.36. The summed E-state index contributed by atoms with van der Waals surface area (Å²) in [6.07, 6.45) is 7.42. The Morgan fingerprint density at radius 3 is 2.17 bits per heavy atom. The molecule has 1 saturated carbocycles. The molecule has 2 aromatic rings. The number of amides is 1. The van der Waals surface area contributed by atoms with Gasteiger partial charge in [0.2, 0.25) is 0 Å². The molecule has 5 nitrogen and oxygen atoms in total. The van der Waals surface area contributed by atoms with Crippen molar-refractivity contribution in [2.45, 2.75) is 44.6 Å². The molecular weight excluding hydrogens is 307 g/mol. The molecule has 6 heteroatoms. The predicted molar refractivity (Wildman–Crippen MR) is 91.5 cm³/mol. The number of nitrogens with zero attached hydrogens (tertiary/aromatic N) is 2. The van der Waals surface area contributed by atoms with Gasteiger partial charge in [0.15, 0.2) is 5.82 Å². The second-order valence-corrected chi connectivity index (χ2v) is 6.10. The minimum atomic E-state index is -0.375. The summed E-state index contributed by atoms with van der Waals surface area (Å²) in [6, 6.07) is 9.34. The highest BCUT2D eigenvalue weighted by molar-refractivity contribution is 6.03. The number of carbonyl (C=O) groups is 1. The van der Waals surface area contributed by atoms with Crippen molar-refractivity contribution in [3.8, 4) is 0 Å². The van der Waals surface area contributed by atoms with E-state index in [1.807, 2.05) is 6.07 Å². The maximum Gasteiger partial charge on any atom is 0.256 e. The molecule has 126 valence electrons. The second-order valence-electron chi connectivity index (χ2n) is 6.10. The molecule has 0 saturated heterocycles. The monoisotopic (exact) mass is 328 g/mol. The first kappa shape index (κ1) is 16.4. The van der Waals surface area contributed by atoms with Gasteiger partial charge in [-0.25, -0.2) is 4.39 Å². The Morgan fingerprint density at radius 2 is 1.54 bits per heavy atom. The molecule has 1 aliphatic rings. The van der Waals surface area contributed by atoms with Crippen LogP contribution >= 0.6 is 0 Å². The van der Waals surface area contributed by atoms with Crippen molar-refractivity contribution in [2.75, 3.05) is 10.6 Å². The molecule has 2 N–H and O–H groups in total. The van der Waals surface area contributed by atoms with Crippen molar-refractivity contribution >= 4 is 17.5 Å². The van der Waals surface area contributed by atoms with Gasteiger partial charge in [0.25, 0.3) is 5.91 Å². The quantitative estimate of drug-likeness (QED) is 0.833. The summed E-state index contributed by atoms with van der Waals surface area (Å²) in [4.78, 5) is 12.0. The predicted octanol–water partition coefficient (Wildman–Crippen LogP) is 4.00. The van der Waals surface area contributed by atoms with Crippen molar-refractivity contribution in [3.05, 3.63) is 47.8 Å². The number of benzene rings is 1. The second kappa shape index (κ2) is 7.86. The molecule has 0 unspecified atom stereocenters. The summed E-state index contributed by atoms with van der Waals surface area (Å²) in [5.74, 6) is 0.381. The van der Waals surface area contributed by atoms with Crippen LogP contribution in [-0.4, -0.2) is 22.1 Å². The van der Waals surface area contributed by atoms with Gasteiger partial charge < -0.3 is 10.6 Å². The third-order valence-corrected chi connectivity index (χ3v) is 4.22. The lowest BCUT2D eigenvalue weighted by Gasteiger charge is -2.16. The summed E-state index contributed by atoms with van der Waals surface area (Å²) < 4.78 is 12.9. The number of aromatic nitrogens is 2. The van der Waals surface area contributed by atoms with Crippen LogP contribution in [0.5, 0.6) is 0 Å². The standard InChI is InChI=1S/C18H21FN4O/c19-14-9-7-13(8-10-14)18(24)21-17-12-11-16(22-23-17)20-15-5-3-1-2-4-6-15/h7-12,15H,1-6H2,(H,20,22)(H,21,23,24). The van der Waals surface area contributed by atoms with Gasteiger partial charge in [0.1, 0.15) is 11.6 Å². The molecule has 0 atom stereocenters. The summed E-state index contributed by atoms with van der Waals surface area (Å²) in [5, 5.41) is 14.2. The van der Waals surface area contributed by atoms with Crippen molar-refractivity contribution in [3.63, 3.8) is 0 Å². The summed E-state index contributed by atoms with van der Waals surface area (Å²) in [5.41, 5.74) is 0.374. The largest absolute Gasteiger partial charge is 0.366 e. The van der Waals surface area contributed by atoms with Crippen LogP contribution in [0.25, 0.3) is 0 Å². The van der Waals surface area contributed by atoms with E-state index in [9.17, 15) is 9.18 Å². The van der Waals surface area contributed by atoms with Gasteiger partial charge in [-0.3, -0.25) is 4.79 Å². The molecule has 0 radical (unpaired) electrons. The maximum atomic E-state index is 12.9. The maximum absolute atomic E-state index is 12.9. The zero-order valence-electron chi connectivity index (χ0n) is 13.5. The molecule has 0 spiro atoms. The Hall–Kier alpha value is -2.50. The number of nitrogens with one attached hydrogen (secondary N) is 2. The van der Waals surface area contributed by atoms with Crippen molar-refractivity contribution in [1.29, 1.82) is 0 Å². The molecule has 1 aromatic carbocycles. The smallest absolute Gasteiger partial charge is 0.256 e. The molecular formula is C18H21FN4O. The molecule has 1 amide bonds. The number of carbonyl (C=O) groups excluding carboxylic acids is 1. The molecule has 0 bridgehead atoms. The Labute approximate surface area is 140 Å². The molecule has 0 aliphatic heterocycles. The first-order chi connectivity index (χ1) is 11.7. The topological polar surface area (TPSA) is 66.9 Å². The molecule has 1 aromatic heterocycles. The van der Waals surface area contributed by atoms with Crippen molar-refractivity contribution < 1.29 is 9.18 Å². The van der Waals surface area contributed by atoms with E-state index in [0.717, 1.165) is 18.7 Å². The first-order valence-corrected chi connectivity index (χ1v) is 8.38.